The minimum atomic E-state index is -0.0186. The zero-order valence-electron chi connectivity index (χ0n) is 8.39. The third-order valence-electron chi connectivity index (χ3n) is 2.70. The second kappa shape index (κ2) is 4.11. The van der Waals surface area contributed by atoms with Gasteiger partial charge in [-0.05, 0) is 12.8 Å². The largest absolute Gasteiger partial charge is 0.396 e. The van der Waals surface area contributed by atoms with Gasteiger partial charge in [-0.25, -0.2) is 4.98 Å². The van der Waals surface area contributed by atoms with Crippen molar-refractivity contribution in [2.24, 2.45) is 13.0 Å². The third kappa shape index (κ3) is 1.81. The van der Waals surface area contributed by atoms with Crippen molar-refractivity contribution >= 4 is 0 Å². The highest BCUT2D eigenvalue weighted by Crippen LogP contribution is 2.31. The first-order chi connectivity index (χ1) is 6.81. The van der Waals surface area contributed by atoms with Crippen molar-refractivity contribution in [2.75, 3.05) is 13.2 Å². The van der Waals surface area contributed by atoms with Gasteiger partial charge in [0.2, 0.25) is 0 Å². The van der Waals surface area contributed by atoms with Crippen molar-refractivity contribution in [3.05, 3.63) is 18.2 Å². The van der Waals surface area contributed by atoms with Gasteiger partial charge in [-0.3, -0.25) is 0 Å². The van der Waals surface area contributed by atoms with Gasteiger partial charge in [0.25, 0.3) is 0 Å². The van der Waals surface area contributed by atoms with Crippen LogP contribution < -0.4 is 0 Å². The Balaban J connectivity index is 2.14. The van der Waals surface area contributed by atoms with Crippen molar-refractivity contribution in [2.45, 2.75) is 18.9 Å². The summed E-state index contributed by atoms with van der Waals surface area (Å²) in [4.78, 5) is 4.26. The first-order valence-electron chi connectivity index (χ1n) is 5.01. The van der Waals surface area contributed by atoms with E-state index in [2.05, 4.69) is 4.98 Å². The standard InChI is InChI=1S/C10H16N2O2/c1-12-5-9(11-7-12)10-8(6-13)3-2-4-14-10/h5,7-8,10,13H,2-4,6H2,1H3. The van der Waals surface area contributed by atoms with E-state index in [1.165, 1.54) is 0 Å². The van der Waals surface area contributed by atoms with Gasteiger partial charge in [0.1, 0.15) is 6.10 Å². The number of ether oxygens (including phenoxy) is 1. The second-order valence-electron chi connectivity index (χ2n) is 3.84. The Kier molecular flexibility index (Phi) is 2.84. The van der Waals surface area contributed by atoms with Crippen LogP contribution in [0, 0.1) is 5.92 Å². The van der Waals surface area contributed by atoms with Crippen LogP contribution in [0.25, 0.3) is 0 Å². The van der Waals surface area contributed by atoms with Crippen LogP contribution in [0.4, 0.5) is 0 Å². The van der Waals surface area contributed by atoms with Gasteiger partial charge in [-0.15, -0.1) is 0 Å². The molecule has 4 heteroatoms. The first kappa shape index (κ1) is 9.68. The van der Waals surface area contributed by atoms with Crippen LogP contribution in [-0.2, 0) is 11.8 Å². The van der Waals surface area contributed by atoms with E-state index in [4.69, 9.17) is 4.74 Å². The van der Waals surface area contributed by atoms with E-state index in [0.717, 1.165) is 25.1 Å². The van der Waals surface area contributed by atoms with Crippen molar-refractivity contribution in [3.8, 4) is 0 Å². The van der Waals surface area contributed by atoms with Gasteiger partial charge in [0, 0.05) is 32.4 Å². The number of aliphatic hydroxyl groups is 1. The average Bonchev–Trinajstić information content (AvgIpc) is 2.65. The van der Waals surface area contributed by atoms with Crippen molar-refractivity contribution < 1.29 is 9.84 Å². The molecule has 14 heavy (non-hydrogen) atoms. The molecule has 0 aromatic carbocycles. The van der Waals surface area contributed by atoms with E-state index in [0.29, 0.717) is 0 Å². The van der Waals surface area contributed by atoms with E-state index in [1.54, 1.807) is 6.33 Å². The first-order valence-corrected chi connectivity index (χ1v) is 5.01. The Morgan fingerprint density at radius 3 is 3.21 bits per heavy atom. The number of rotatable bonds is 2. The van der Waals surface area contributed by atoms with Crippen molar-refractivity contribution in [1.29, 1.82) is 0 Å². The summed E-state index contributed by atoms with van der Waals surface area (Å²) in [6.07, 6.45) is 5.77. The highest BCUT2D eigenvalue weighted by atomic mass is 16.5. The van der Waals surface area contributed by atoms with Crippen LogP contribution in [0.15, 0.2) is 12.5 Å². The number of hydrogen-bond donors (Lipinski definition) is 1. The molecule has 0 radical (unpaired) electrons. The molecule has 78 valence electrons. The maximum atomic E-state index is 9.21. The molecule has 1 N–H and O–H groups in total. The number of aromatic nitrogens is 2. The lowest BCUT2D eigenvalue weighted by molar-refractivity contribution is -0.0478. The quantitative estimate of drug-likeness (QED) is 0.763. The van der Waals surface area contributed by atoms with Crippen LogP contribution in [0.3, 0.4) is 0 Å². The molecule has 0 bridgehead atoms. The smallest absolute Gasteiger partial charge is 0.106 e. The second-order valence-corrected chi connectivity index (χ2v) is 3.84. The van der Waals surface area contributed by atoms with E-state index in [1.807, 2.05) is 17.8 Å². The monoisotopic (exact) mass is 196 g/mol. The highest BCUT2D eigenvalue weighted by molar-refractivity contribution is 5.03. The van der Waals surface area contributed by atoms with Gasteiger partial charge in [-0.2, -0.15) is 0 Å². The molecule has 1 saturated heterocycles. The molecule has 2 unspecified atom stereocenters. The summed E-state index contributed by atoms with van der Waals surface area (Å²) in [6, 6.07) is 0. The summed E-state index contributed by atoms with van der Waals surface area (Å²) >= 11 is 0. The maximum Gasteiger partial charge on any atom is 0.106 e. The van der Waals surface area contributed by atoms with Crippen molar-refractivity contribution in [3.63, 3.8) is 0 Å². The number of nitrogens with zero attached hydrogens (tertiary/aromatic N) is 2. The summed E-state index contributed by atoms with van der Waals surface area (Å²) in [5.41, 5.74) is 0.936. The Bertz CT molecular complexity index is 298. The molecule has 0 saturated carbocycles. The predicted octanol–water partition coefficient (Wildman–Crippen LogP) is 0.880. The molecule has 2 atom stereocenters. The lowest BCUT2D eigenvalue weighted by Crippen LogP contribution is -2.25. The third-order valence-corrected chi connectivity index (χ3v) is 2.70. The number of aliphatic hydroxyl groups excluding tert-OH is 1. The molecule has 2 heterocycles. The fourth-order valence-corrected chi connectivity index (χ4v) is 1.94. The zero-order chi connectivity index (χ0) is 9.97. The summed E-state index contributed by atoms with van der Waals surface area (Å²) in [7, 11) is 1.94. The summed E-state index contributed by atoms with van der Waals surface area (Å²) in [6.45, 7) is 0.957. The zero-order valence-corrected chi connectivity index (χ0v) is 8.39. The highest BCUT2D eigenvalue weighted by Gasteiger charge is 2.28. The fourth-order valence-electron chi connectivity index (χ4n) is 1.94. The van der Waals surface area contributed by atoms with Crippen LogP contribution in [-0.4, -0.2) is 27.9 Å². The van der Waals surface area contributed by atoms with Gasteiger partial charge in [0.05, 0.1) is 12.0 Å². The van der Waals surface area contributed by atoms with Crippen LogP contribution in [0.1, 0.15) is 24.6 Å². The maximum absolute atomic E-state index is 9.21. The lowest BCUT2D eigenvalue weighted by Gasteiger charge is -2.29. The van der Waals surface area contributed by atoms with E-state index < -0.39 is 0 Å². The lowest BCUT2D eigenvalue weighted by atomic mass is 9.93. The molecule has 0 aliphatic carbocycles. The molecular weight excluding hydrogens is 180 g/mol. The number of aryl methyl sites for hydroxylation is 1. The molecule has 1 aromatic heterocycles. The minimum absolute atomic E-state index is 0.0186. The predicted molar refractivity (Wildman–Crippen MR) is 51.7 cm³/mol. The van der Waals surface area contributed by atoms with Gasteiger partial charge < -0.3 is 14.4 Å². The van der Waals surface area contributed by atoms with E-state index in [9.17, 15) is 5.11 Å². The van der Waals surface area contributed by atoms with E-state index in [-0.39, 0.29) is 18.6 Å². The SMILES string of the molecule is Cn1cnc(C2OCCCC2CO)c1. The average molecular weight is 196 g/mol. The van der Waals surface area contributed by atoms with Gasteiger partial charge in [0.15, 0.2) is 0 Å². The van der Waals surface area contributed by atoms with Crippen LogP contribution in [0.5, 0.6) is 0 Å². The summed E-state index contributed by atoms with van der Waals surface area (Å²) < 4.78 is 7.55. The Labute approximate surface area is 83.5 Å². The van der Waals surface area contributed by atoms with E-state index >= 15 is 0 Å². The molecule has 0 spiro atoms. The minimum Gasteiger partial charge on any atom is -0.396 e. The van der Waals surface area contributed by atoms with Crippen LogP contribution >= 0.6 is 0 Å². The Hall–Kier alpha value is -0.870. The molecule has 1 aromatic rings. The molecule has 1 fully saturated rings. The molecular formula is C10H16N2O2. The molecule has 4 nitrogen and oxygen atoms in total. The fraction of sp³-hybridized carbons (Fsp3) is 0.700. The number of imidazole rings is 1. The van der Waals surface area contributed by atoms with Gasteiger partial charge in [-0.1, -0.05) is 0 Å². The molecule has 1 aliphatic heterocycles. The topological polar surface area (TPSA) is 47.3 Å². The van der Waals surface area contributed by atoms with Crippen molar-refractivity contribution in [1.82, 2.24) is 9.55 Å². The Morgan fingerprint density at radius 1 is 1.71 bits per heavy atom. The molecule has 0 amide bonds. The summed E-state index contributed by atoms with van der Waals surface area (Å²) in [5, 5.41) is 9.21. The molecule has 2 rings (SSSR count). The normalized spacial score (nSPS) is 27.9. The summed E-state index contributed by atoms with van der Waals surface area (Å²) in [5.74, 6) is 0.207. The number of hydrogen-bond acceptors (Lipinski definition) is 3. The van der Waals surface area contributed by atoms with Gasteiger partial charge >= 0.3 is 0 Å². The molecule has 1 aliphatic rings. The Morgan fingerprint density at radius 2 is 2.57 bits per heavy atom. The van der Waals surface area contributed by atoms with Crippen LogP contribution in [0.2, 0.25) is 0 Å².